The van der Waals surface area contributed by atoms with E-state index >= 15 is 0 Å². The third-order valence-corrected chi connectivity index (χ3v) is 4.51. The Bertz CT molecular complexity index is 583. The van der Waals surface area contributed by atoms with Crippen LogP contribution >= 0.6 is 11.3 Å². The molecule has 1 fully saturated rings. The Morgan fingerprint density at radius 3 is 2.90 bits per heavy atom. The number of aromatic nitrogens is 1. The lowest BCUT2D eigenvalue weighted by molar-refractivity contribution is -0.131. The number of amides is 1. The maximum absolute atomic E-state index is 12.3. The average molecular weight is 290 g/mol. The summed E-state index contributed by atoms with van der Waals surface area (Å²) in [4.78, 5) is 19.7. The first-order valence-electron chi connectivity index (χ1n) is 7.02. The van der Waals surface area contributed by atoms with Gasteiger partial charge in [-0.1, -0.05) is 6.07 Å². The number of rotatable bonds is 3. The number of aryl methyl sites for hydroxylation is 1. The van der Waals surface area contributed by atoms with Crippen LogP contribution in [0.3, 0.4) is 0 Å². The van der Waals surface area contributed by atoms with Crippen molar-refractivity contribution in [1.29, 1.82) is 0 Å². The second-order valence-corrected chi connectivity index (χ2v) is 6.07. The van der Waals surface area contributed by atoms with Gasteiger partial charge in [0.25, 0.3) is 0 Å². The highest BCUT2D eigenvalue weighted by Crippen LogP contribution is 2.26. The van der Waals surface area contributed by atoms with Gasteiger partial charge >= 0.3 is 0 Å². The Morgan fingerprint density at radius 2 is 2.20 bits per heavy atom. The largest absolute Gasteiger partial charge is 0.440 e. The maximum Gasteiger partial charge on any atom is 0.236 e. The van der Waals surface area contributed by atoms with Crippen molar-refractivity contribution in [3.63, 3.8) is 0 Å². The fourth-order valence-corrected chi connectivity index (χ4v) is 3.15. The molecule has 0 bridgehead atoms. The van der Waals surface area contributed by atoms with Crippen LogP contribution in [0, 0.1) is 6.92 Å². The summed E-state index contributed by atoms with van der Waals surface area (Å²) in [6, 6.07) is 3.95. The van der Waals surface area contributed by atoms with Crippen LogP contribution in [-0.4, -0.2) is 28.9 Å². The van der Waals surface area contributed by atoms with Crippen LogP contribution in [0.15, 0.2) is 21.9 Å². The second-order valence-electron chi connectivity index (χ2n) is 5.12. The van der Waals surface area contributed by atoms with Crippen molar-refractivity contribution in [2.24, 2.45) is 0 Å². The van der Waals surface area contributed by atoms with Gasteiger partial charge in [0.15, 0.2) is 0 Å². The summed E-state index contributed by atoms with van der Waals surface area (Å²) in [5, 5.41) is 1.99. The molecule has 0 radical (unpaired) electrons. The minimum atomic E-state index is 0.166. The lowest BCUT2D eigenvalue weighted by Crippen LogP contribution is -2.36. The van der Waals surface area contributed by atoms with Gasteiger partial charge in [-0.05, 0) is 37.6 Å². The maximum atomic E-state index is 12.3. The number of thiophene rings is 1. The number of likely N-dealkylation sites (tertiary alicyclic amines) is 1. The smallest absolute Gasteiger partial charge is 0.236 e. The van der Waals surface area contributed by atoms with Crippen molar-refractivity contribution in [3.8, 4) is 10.8 Å². The van der Waals surface area contributed by atoms with Crippen molar-refractivity contribution >= 4 is 17.2 Å². The molecule has 2 aromatic rings. The van der Waals surface area contributed by atoms with E-state index in [1.807, 2.05) is 29.3 Å². The summed E-state index contributed by atoms with van der Waals surface area (Å²) >= 11 is 1.59. The lowest BCUT2D eigenvalue weighted by Gasteiger charge is -2.26. The highest BCUT2D eigenvalue weighted by molar-refractivity contribution is 7.13. The Labute approximate surface area is 122 Å². The van der Waals surface area contributed by atoms with Crippen molar-refractivity contribution in [2.45, 2.75) is 32.6 Å². The van der Waals surface area contributed by atoms with E-state index in [0.717, 1.165) is 42.3 Å². The number of hydrogen-bond donors (Lipinski definition) is 0. The summed E-state index contributed by atoms with van der Waals surface area (Å²) in [5.74, 6) is 1.54. The predicted octanol–water partition coefficient (Wildman–Crippen LogP) is 3.27. The minimum absolute atomic E-state index is 0.166. The molecule has 4 nitrogen and oxygen atoms in total. The van der Waals surface area contributed by atoms with E-state index in [9.17, 15) is 4.79 Å². The van der Waals surface area contributed by atoms with Crippen LogP contribution in [0.5, 0.6) is 0 Å². The molecule has 2 aromatic heterocycles. The molecule has 0 atom stereocenters. The number of piperidine rings is 1. The van der Waals surface area contributed by atoms with Crippen molar-refractivity contribution in [1.82, 2.24) is 9.88 Å². The zero-order valence-electron chi connectivity index (χ0n) is 11.6. The lowest BCUT2D eigenvalue weighted by atomic mass is 10.1. The Morgan fingerprint density at radius 1 is 1.40 bits per heavy atom. The molecule has 1 aliphatic heterocycles. The molecular weight excluding hydrogens is 272 g/mol. The van der Waals surface area contributed by atoms with E-state index in [2.05, 4.69) is 4.98 Å². The van der Waals surface area contributed by atoms with Crippen LogP contribution in [0.1, 0.15) is 30.7 Å². The topological polar surface area (TPSA) is 46.3 Å². The normalized spacial score (nSPS) is 15.6. The first kappa shape index (κ1) is 13.4. The SMILES string of the molecule is Cc1oc(-c2cccs2)nc1CC(=O)N1CCCCC1. The van der Waals surface area contributed by atoms with Gasteiger partial charge in [-0.25, -0.2) is 4.98 Å². The zero-order chi connectivity index (χ0) is 13.9. The number of oxazole rings is 1. The molecule has 0 aromatic carbocycles. The fourth-order valence-electron chi connectivity index (χ4n) is 2.50. The summed E-state index contributed by atoms with van der Waals surface area (Å²) in [7, 11) is 0. The van der Waals surface area contributed by atoms with E-state index < -0.39 is 0 Å². The van der Waals surface area contributed by atoms with E-state index in [4.69, 9.17) is 4.42 Å². The van der Waals surface area contributed by atoms with Crippen LogP contribution in [-0.2, 0) is 11.2 Å². The Balaban J connectivity index is 1.72. The summed E-state index contributed by atoms with van der Waals surface area (Å²) in [6.45, 7) is 3.64. The molecule has 3 heterocycles. The minimum Gasteiger partial charge on any atom is -0.440 e. The van der Waals surface area contributed by atoms with Gasteiger partial charge in [-0.3, -0.25) is 4.79 Å². The fraction of sp³-hybridized carbons (Fsp3) is 0.467. The first-order chi connectivity index (χ1) is 9.74. The summed E-state index contributed by atoms with van der Waals surface area (Å²) in [6.07, 6.45) is 3.81. The third kappa shape index (κ3) is 2.77. The quantitative estimate of drug-likeness (QED) is 0.871. The predicted molar refractivity (Wildman–Crippen MR) is 78.7 cm³/mol. The van der Waals surface area contributed by atoms with Crippen molar-refractivity contribution < 1.29 is 9.21 Å². The van der Waals surface area contributed by atoms with E-state index in [1.54, 1.807) is 11.3 Å². The molecule has 5 heteroatoms. The van der Waals surface area contributed by atoms with Crippen LogP contribution in [0.2, 0.25) is 0 Å². The van der Waals surface area contributed by atoms with E-state index in [0.29, 0.717) is 12.3 Å². The number of nitrogens with zero attached hydrogens (tertiary/aromatic N) is 2. The molecule has 3 rings (SSSR count). The van der Waals surface area contributed by atoms with E-state index in [1.165, 1.54) is 6.42 Å². The number of carbonyl (C=O) groups excluding carboxylic acids is 1. The van der Waals surface area contributed by atoms with Crippen LogP contribution in [0.4, 0.5) is 0 Å². The Hall–Kier alpha value is -1.62. The summed E-state index contributed by atoms with van der Waals surface area (Å²) < 4.78 is 5.68. The molecule has 0 unspecified atom stereocenters. The molecule has 0 spiro atoms. The molecule has 1 saturated heterocycles. The van der Waals surface area contributed by atoms with Gasteiger partial charge in [-0.15, -0.1) is 11.3 Å². The molecule has 106 valence electrons. The van der Waals surface area contributed by atoms with Gasteiger partial charge in [0, 0.05) is 13.1 Å². The summed E-state index contributed by atoms with van der Waals surface area (Å²) in [5.41, 5.74) is 0.768. The van der Waals surface area contributed by atoms with Crippen molar-refractivity contribution in [3.05, 3.63) is 29.0 Å². The highest BCUT2D eigenvalue weighted by Gasteiger charge is 2.20. The third-order valence-electron chi connectivity index (χ3n) is 3.65. The number of carbonyl (C=O) groups is 1. The molecule has 0 saturated carbocycles. The van der Waals surface area contributed by atoms with Crippen LogP contribution in [0.25, 0.3) is 10.8 Å². The molecule has 0 aliphatic carbocycles. The second kappa shape index (κ2) is 5.79. The monoisotopic (exact) mass is 290 g/mol. The van der Waals surface area contributed by atoms with Gasteiger partial charge < -0.3 is 9.32 Å². The molecule has 1 aliphatic rings. The molecule has 0 N–H and O–H groups in total. The molecular formula is C15H18N2O2S. The van der Waals surface area contributed by atoms with Crippen molar-refractivity contribution in [2.75, 3.05) is 13.1 Å². The van der Waals surface area contributed by atoms with Gasteiger partial charge in [0.2, 0.25) is 11.8 Å². The molecule has 1 amide bonds. The zero-order valence-corrected chi connectivity index (χ0v) is 12.4. The highest BCUT2D eigenvalue weighted by atomic mass is 32.1. The van der Waals surface area contributed by atoms with Gasteiger partial charge in [-0.2, -0.15) is 0 Å². The first-order valence-corrected chi connectivity index (χ1v) is 7.90. The van der Waals surface area contributed by atoms with Gasteiger partial charge in [0.1, 0.15) is 5.76 Å². The standard InChI is InChI=1S/C15H18N2O2S/c1-11-12(10-14(18)17-7-3-2-4-8-17)16-15(19-11)13-6-5-9-20-13/h5-6,9H,2-4,7-8,10H2,1H3. The molecule has 20 heavy (non-hydrogen) atoms. The number of hydrogen-bond acceptors (Lipinski definition) is 4. The average Bonchev–Trinajstić information content (AvgIpc) is 3.10. The van der Waals surface area contributed by atoms with Gasteiger partial charge in [0.05, 0.1) is 17.0 Å². The van der Waals surface area contributed by atoms with E-state index in [-0.39, 0.29) is 5.91 Å². The van der Waals surface area contributed by atoms with Crippen LogP contribution < -0.4 is 0 Å². The Kier molecular flexibility index (Phi) is 3.87.